The summed E-state index contributed by atoms with van der Waals surface area (Å²) in [6, 6.07) is 9.28. The van der Waals surface area contributed by atoms with Crippen molar-refractivity contribution in [3.05, 3.63) is 76.6 Å². The zero-order chi connectivity index (χ0) is 24.8. The summed E-state index contributed by atoms with van der Waals surface area (Å²) in [6.07, 6.45) is 4.22. The van der Waals surface area contributed by atoms with Gasteiger partial charge in [0.1, 0.15) is 16.4 Å². The van der Waals surface area contributed by atoms with E-state index in [9.17, 15) is 9.90 Å². The van der Waals surface area contributed by atoms with Crippen molar-refractivity contribution in [1.82, 2.24) is 14.9 Å². The van der Waals surface area contributed by atoms with Crippen molar-refractivity contribution in [2.75, 3.05) is 20.8 Å². The molecule has 1 atom stereocenters. The van der Waals surface area contributed by atoms with Crippen LogP contribution in [0.25, 0.3) is 21.3 Å². The second kappa shape index (κ2) is 11.4. The number of H-pyrrole nitrogens is 1. The van der Waals surface area contributed by atoms with Gasteiger partial charge in [-0.1, -0.05) is 12.1 Å². The monoisotopic (exact) mass is 495 g/mol. The Morgan fingerprint density at radius 2 is 2.09 bits per heavy atom. The van der Waals surface area contributed by atoms with Gasteiger partial charge in [0.25, 0.3) is 5.56 Å². The molecule has 0 spiro atoms. The molecule has 4 rings (SSSR count). The Hall–Kier alpha value is -3.40. The number of nitrogens with zero attached hydrogens (tertiary/aromatic N) is 2. The fourth-order valence-corrected chi connectivity index (χ4v) is 4.97. The number of ether oxygens (including phenoxy) is 2. The van der Waals surface area contributed by atoms with E-state index in [1.54, 1.807) is 26.6 Å². The van der Waals surface area contributed by atoms with Crippen molar-refractivity contribution in [3.8, 4) is 22.6 Å². The van der Waals surface area contributed by atoms with Crippen LogP contribution in [0.2, 0.25) is 0 Å². The molecular formula is C26H29N3O5S. The molecule has 4 aromatic rings. The molecular weight excluding hydrogens is 466 g/mol. The maximum atomic E-state index is 13.2. The van der Waals surface area contributed by atoms with E-state index in [0.29, 0.717) is 53.6 Å². The van der Waals surface area contributed by atoms with E-state index in [4.69, 9.17) is 18.9 Å². The van der Waals surface area contributed by atoms with E-state index in [1.165, 1.54) is 11.3 Å². The molecule has 0 fully saturated rings. The van der Waals surface area contributed by atoms with Crippen molar-refractivity contribution in [2.45, 2.75) is 32.0 Å². The van der Waals surface area contributed by atoms with Gasteiger partial charge in [-0.15, -0.1) is 17.9 Å². The zero-order valence-electron chi connectivity index (χ0n) is 19.8. The maximum absolute atomic E-state index is 13.2. The predicted octanol–water partition coefficient (Wildman–Crippen LogP) is 4.59. The SMILES string of the molecule is C=CCCC(O)CN(Cc1nc2scc(-c3ccc(OC)c(OC)c3)c2c(=O)[nH]1)Cc1ccco1. The first kappa shape index (κ1) is 24.7. The van der Waals surface area contributed by atoms with Crippen LogP contribution in [0.1, 0.15) is 24.4 Å². The molecule has 3 heterocycles. The van der Waals surface area contributed by atoms with Gasteiger partial charge >= 0.3 is 0 Å². The highest BCUT2D eigenvalue weighted by atomic mass is 32.1. The molecule has 0 radical (unpaired) electrons. The van der Waals surface area contributed by atoms with Crippen LogP contribution in [-0.4, -0.2) is 46.8 Å². The number of hydrogen-bond acceptors (Lipinski definition) is 8. The van der Waals surface area contributed by atoms with Crippen LogP contribution in [0.3, 0.4) is 0 Å². The Bertz CT molecular complexity index is 1330. The number of furan rings is 1. The highest BCUT2D eigenvalue weighted by molar-refractivity contribution is 7.17. The summed E-state index contributed by atoms with van der Waals surface area (Å²) in [4.78, 5) is 23.5. The molecule has 35 heavy (non-hydrogen) atoms. The van der Waals surface area contributed by atoms with Crippen LogP contribution >= 0.6 is 11.3 Å². The van der Waals surface area contributed by atoms with E-state index in [2.05, 4.69) is 11.6 Å². The van der Waals surface area contributed by atoms with Gasteiger partial charge in [0.15, 0.2) is 11.5 Å². The van der Waals surface area contributed by atoms with Crippen LogP contribution in [0.5, 0.6) is 11.5 Å². The maximum Gasteiger partial charge on any atom is 0.260 e. The average molecular weight is 496 g/mol. The number of fused-ring (bicyclic) bond motifs is 1. The summed E-state index contributed by atoms with van der Waals surface area (Å²) >= 11 is 1.42. The molecule has 0 aliphatic carbocycles. The second-order valence-corrected chi connectivity index (χ2v) is 9.04. The molecule has 1 aromatic carbocycles. The lowest BCUT2D eigenvalue weighted by molar-refractivity contribution is 0.0931. The lowest BCUT2D eigenvalue weighted by Crippen LogP contribution is -2.32. The molecule has 0 saturated heterocycles. The third-order valence-electron chi connectivity index (χ3n) is 5.69. The molecule has 0 saturated carbocycles. The minimum absolute atomic E-state index is 0.207. The van der Waals surface area contributed by atoms with Gasteiger partial charge in [-0.2, -0.15) is 0 Å². The summed E-state index contributed by atoms with van der Waals surface area (Å²) < 4.78 is 16.2. The number of aliphatic hydroxyl groups is 1. The number of thiophene rings is 1. The molecule has 1 unspecified atom stereocenters. The molecule has 3 aromatic heterocycles. The number of methoxy groups -OCH3 is 2. The van der Waals surface area contributed by atoms with Crippen molar-refractivity contribution < 1.29 is 19.0 Å². The van der Waals surface area contributed by atoms with E-state index in [0.717, 1.165) is 23.3 Å². The van der Waals surface area contributed by atoms with Gasteiger partial charge in [0.05, 0.1) is 45.1 Å². The highest BCUT2D eigenvalue weighted by Crippen LogP contribution is 2.36. The number of aliphatic hydroxyl groups excluding tert-OH is 1. The van der Waals surface area contributed by atoms with Gasteiger partial charge in [-0.05, 0) is 42.7 Å². The number of rotatable bonds is 12. The molecule has 9 heteroatoms. The summed E-state index contributed by atoms with van der Waals surface area (Å²) in [6.45, 7) is 4.98. The van der Waals surface area contributed by atoms with Crippen molar-refractivity contribution in [3.63, 3.8) is 0 Å². The lowest BCUT2D eigenvalue weighted by atomic mass is 10.1. The van der Waals surface area contributed by atoms with Crippen LogP contribution in [0.4, 0.5) is 0 Å². The Labute approximate surface area is 207 Å². The number of allylic oxidation sites excluding steroid dienone is 1. The smallest absolute Gasteiger partial charge is 0.260 e. The quantitative estimate of drug-likeness (QED) is 0.277. The van der Waals surface area contributed by atoms with Crippen molar-refractivity contribution >= 4 is 21.6 Å². The molecule has 184 valence electrons. The molecule has 0 amide bonds. The molecule has 0 aliphatic heterocycles. The Balaban J connectivity index is 1.62. The minimum Gasteiger partial charge on any atom is -0.493 e. The van der Waals surface area contributed by atoms with E-state index < -0.39 is 6.10 Å². The topological polar surface area (TPSA) is 101 Å². The Morgan fingerprint density at radius 1 is 1.26 bits per heavy atom. The number of benzene rings is 1. The van der Waals surface area contributed by atoms with E-state index in [1.807, 2.05) is 40.6 Å². The van der Waals surface area contributed by atoms with Gasteiger partial charge < -0.3 is 24.0 Å². The first-order chi connectivity index (χ1) is 17.0. The van der Waals surface area contributed by atoms with Crippen LogP contribution in [0.15, 0.2) is 63.8 Å². The third kappa shape index (κ3) is 5.82. The zero-order valence-corrected chi connectivity index (χ0v) is 20.6. The molecule has 2 N–H and O–H groups in total. The predicted molar refractivity (Wildman–Crippen MR) is 137 cm³/mol. The van der Waals surface area contributed by atoms with E-state index >= 15 is 0 Å². The third-order valence-corrected chi connectivity index (χ3v) is 6.57. The van der Waals surface area contributed by atoms with Gasteiger partial charge in [0.2, 0.25) is 0 Å². The minimum atomic E-state index is -0.531. The summed E-state index contributed by atoms with van der Waals surface area (Å²) in [5.41, 5.74) is 1.43. The summed E-state index contributed by atoms with van der Waals surface area (Å²) in [5, 5.41) is 12.9. The Kier molecular flexibility index (Phi) is 8.02. The Morgan fingerprint density at radius 3 is 2.80 bits per heavy atom. The normalized spacial score (nSPS) is 12.2. The van der Waals surface area contributed by atoms with Crippen LogP contribution < -0.4 is 15.0 Å². The summed E-state index contributed by atoms with van der Waals surface area (Å²) in [7, 11) is 3.16. The molecule has 0 aliphatic rings. The van der Waals surface area contributed by atoms with E-state index in [-0.39, 0.29) is 5.56 Å². The van der Waals surface area contributed by atoms with Gasteiger partial charge in [-0.25, -0.2) is 4.98 Å². The highest BCUT2D eigenvalue weighted by Gasteiger charge is 2.18. The first-order valence-corrected chi connectivity index (χ1v) is 12.2. The average Bonchev–Trinajstić information content (AvgIpc) is 3.52. The standard InChI is InChI=1S/C26H29N3O5S/c1-4-5-7-18(30)13-29(14-19-8-6-11-34-19)15-23-27-25(31)24-20(16-35-26(24)28-23)17-9-10-21(32-2)22(12-17)33-3/h4,6,8-12,16,18,30H,1,5,7,13-15H2,2-3H3,(H,27,28,31). The largest absolute Gasteiger partial charge is 0.493 e. The van der Waals surface area contributed by atoms with Crippen LogP contribution in [-0.2, 0) is 13.1 Å². The number of hydrogen-bond donors (Lipinski definition) is 2. The number of aromatic amines is 1. The lowest BCUT2D eigenvalue weighted by Gasteiger charge is -2.23. The van der Waals surface area contributed by atoms with Crippen molar-refractivity contribution in [1.29, 1.82) is 0 Å². The number of nitrogens with one attached hydrogen (secondary N) is 1. The van der Waals surface area contributed by atoms with Gasteiger partial charge in [0, 0.05) is 17.5 Å². The fourth-order valence-electron chi connectivity index (χ4n) is 4.00. The van der Waals surface area contributed by atoms with Gasteiger partial charge in [-0.3, -0.25) is 9.69 Å². The molecule has 8 nitrogen and oxygen atoms in total. The first-order valence-electron chi connectivity index (χ1n) is 11.3. The second-order valence-electron chi connectivity index (χ2n) is 8.18. The van der Waals surface area contributed by atoms with Crippen LogP contribution in [0, 0.1) is 0 Å². The summed E-state index contributed by atoms with van der Waals surface area (Å²) in [5.74, 6) is 2.52. The molecule has 0 bridgehead atoms. The fraction of sp³-hybridized carbons (Fsp3) is 0.308. The van der Waals surface area contributed by atoms with Crippen molar-refractivity contribution in [2.24, 2.45) is 0 Å². The number of aromatic nitrogens is 2.